The van der Waals surface area contributed by atoms with Crippen molar-refractivity contribution < 1.29 is 23.8 Å². The number of amides is 1. The summed E-state index contributed by atoms with van der Waals surface area (Å²) in [6, 6.07) is 6.20. The van der Waals surface area contributed by atoms with Crippen molar-refractivity contribution in [3.05, 3.63) is 29.8 Å². The molecule has 3 aliphatic rings. The summed E-state index contributed by atoms with van der Waals surface area (Å²) in [7, 11) is -3.34. The van der Waals surface area contributed by atoms with Crippen molar-refractivity contribution in [1.82, 2.24) is 10.2 Å². The molecule has 3 aliphatic heterocycles. The second-order valence-electron chi connectivity index (χ2n) is 6.79. The fourth-order valence-electron chi connectivity index (χ4n) is 3.58. The first kappa shape index (κ1) is 19.6. The van der Waals surface area contributed by atoms with Crippen LogP contribution in [0.5, 0.6) is 0 Å². The van der Waals surface area contributed by atoms with Gasteiger partial charge in [-0.2, -0.15) is 0 Å². The van der Waals surface area contributed by atoms with Gasteiger partial charge in [-0.15, -0.1) is 0 Å². The maximum absolute atomic E-state index is 12.3. The monoisotopic (exact) mass is 371 g/mol. The molecule has 0 radical (unpaired) electrons. The molecule has 1 aromatic rings. The highest BCUT2D eigenvalue weighted by Gasteiger charge is 2.45. The molecule has 0 spiro atoms. The molecule has 1 amide bonds. The lowest BCUT2D eigenvalue weighted by Gasteiger charge is -2.50. The Balaban J connectivity index is 0.00000225. The van der Waals surface area contributed by atoms with E-state index in [1.807, 2.05) is 0 Å². The van der Waals surface area contributed by atoms with E-state index in [1.165, 1.54) is 0 Å². The minimum atomic E-state index is -3.34. The molecule has 4 rings (SSSR count). The van der Waals surface area contributed by atoms with Crippen LogP contribution in [0.1, 0.15) is 23.2 Å². The third-order valence-corrected chi connectivity index (χ3v) is 5.46. The number of nitrogens with zero attached hydrogens (tertiary/aromatic N) is 1. The van der Waals surface area contributed by atoms with Crippen LogP contribution < -0.4 is 10.0 Å². The van der Waals surface area contributed by atoms with Crippen LogP contribution >= 0.6 is 0 Å². The normalized spacial score (nSPS) is 28.1. The average Bonchev–Trinajstić information content (AvgIpc) is 2.53. The molecule has 1 unspecified atom stereocenters. The van der Waals surface area contributed by atoms with Gasteiger partial charge in [-0.05, 0) is 56.1 Å². The van der Waals surface area contributed by atoms with E-state index in [-0.39, 0.29) is 23.8 Å². The predicted octanol–water partition coefficient (Wildman–Crippen LogP) is -0.580. The van der Waals surface area contributed by atoms with Crippen LogP contribution in [-0.2, 0) is 10.0 Å². The molecule has 0 aliphatic carbocycles. The average molecular weight is 371 g/mol. The van der Waals surface area contributed by atoms with Gasteiger partial charge in [-0.1, -0.05) is 0 Å². The number of aliphatic hydroxyl groups is 1. The molecule has 8 nitrogen and oxygen atoms in total. The lowest BCUT2D eigenvalue weighted by Crippen LogP contribution is -2.63. The van der Waals surface area contributed by atoms with E-state index in [4.69, 9.17) is 0 Å². The molecule has 2 bridgehead atoms. The van der Waals surface area contributed by atoms with E-state index >= 15 is 0 Å². The largest absolute Gasteiger partial charge is 0.412 e. The summed E-state index contributed by atoms with van der Waals surface area (Å²) in [6.45, 7) is 2.89. The summed E-state index contributed by atoms with van der Waals surface area (Å²) >= 11 is 0. The highest BCUT2D eigenvalue weighted by molar-refractivity contribution is 7.92. The topological polar surface area (TPSA) is 130 Å². The fraction of sp³-hybridized carbons (Fsp3) is 0.562. The third-order valence-electron chi connectivity index (χ3n) is 4.85. The molecule has 140 valence electrons. The number of carbonyl (C=O) groups excluding carboxylic acids is 1. The van der Waals surface area contributed by atoms with E-state index in [1.54, 1.807) is 24.3 Å². The zero-order valence-electron chi connectivity index (χ0n) is 14.2. The van der Waals surface area contributed by atoms with Gasteiger partial charge in [0.15, 0.2) is 0 Å². The van der Waals surface area contributed by atoms with Gasteiger partial charge in [0, 0.05) is 24.3 Å². The van der Waals surface area contributed by atoms with Crippen molar-refractivity contribution in [3.8, 4) is 0 Å². The first-order valence-electron chi connectivity index (χ1n) is 8.06. The minimum absolute atomic E-state index is 0. The number of anilines is 1. The molecule has 0 aromatic heterocycles. The maximum Gasteiger partial charge on any atom is 0.251 e. The first-order chi connectivity index (χ1) is 11.3. The van der Waals surface area contributed by atoms with Crippen molar-refractivity contribution in [3.63, 3.8) is 0 Å². The Labute approximate surface area is 147 Å². The van der Waals surface area contributed by atoms with Gasteiger partial charge in [0.1, 0.15) is 0 Å². The van der Waals surface area contributed by atoms with Crippen molar-refractivity contribution >= 4 is 21.6 Å². The van der Waals surface area contributed by atoms with Crippen LogP contribution in [0.3, 0.4) is 0 Å². The molecular weight excluding hydrogens is 346 g/mol. The molecule has 3 heterocycles. The van der Waals surface area contributed by atoms with Gasteiger partial charge in [0.05, 0.1) is 11.9 Å². The highest BCUT2D eigenvalue weighted by Crippen LogP contribution is 2.35. The number of hydrogen-bond donors (Lipinski definition) is 3. The van der Waals surface area contributed by atoms with Gasteiger partial charge in [-0.25, -0.2) is 8.42 Å². The van der Waals surface area contributed by atoms with Crippen LogP contribution in [0.15, 0.2) is 24.3 Å². The van der Waals surface area contributed by atoms with E-state index < -0.39 is 15.6 Å². The number of nitrogens with one attached hydrogen (secondary N) is 2. The SMILES string of the molecule is CS(=O)(=O)Nc1ccc(C(=O)NCC2(O)CN3CCC2CC3)cc1.O. The van der Waals surface area contributed by atoms with E-state index in [0.29, 0.717) is 17.8 Å². The molecule has 3 saturated heterocycles. The highest BCUT2D eigenvalue weighted by atomic mass is 32.2. The Hall–Kier alpha value is -1.68. The molecule has 1 aromatic carbocycles. The molecular formula is C16H25N3O5S. The number of piperidine rings is 3. The Morgan fingerprint density at radius 3 is 2.36 bits per heavy atom. The second kappa shape index (κ2) is 7.28. The van der Waals surface area contributed by atoms with Crippen molar-refractivity contribution in [2.24, 2.45) is 5.92 Å². The summed E-state index contributed by atoms with van der Waals surface area (Å²) < 4.78 is 24.7. The van der Waals surface area contributed by atoms with Gasteiger partial charge < -0.3 is 20.8 Å². The van der Waals surface area contributed by atoms with Crippen molar-refractivity contribution in [2.45, 2.75) is 18.4 Å². The van der Waals surface area contributed by atoms with Crippen LogP contribution in [0.4, 0.5) is 5.69 Å². The van der Waals surface area contributed by atoms with Gasteiger partial charge in [0.25, 0.3) is 5.91 Å². The number of hydrogen-bond acceptors (Lipinski definition) is 5. The molecule has 3 fully saturated rings. The Morgan fingerprint density at radius 1 is 1.28 bits per heavy atom. The van der Waals surface area contributed by atoms with E-state index in [0.717, 1.165) is 32.2 Å². The van der Waals surface area contributed by atoms with E-state index in [2.05, 4.69) is 14.9 Å². The van der Waals surface area contributed by atoms with Gasteiger partial charge in [-0.3, -0.25) is 9.52 Å². The maximum atomic E-state index is 12.3. The standard InChI is InChI=1S/C16H23N3O4S.H2O/c1-24(22,23)18-14-4-2-12(3-5-14)15(20)17-10-16(21)11-19-8-6-13(16)7-9-19;/h2-5,13,18,21H,6-11H2,1H3,(H,17,20);1H2. The number of sulfonamides is 1. The quantitative estimate of drug-likeness (QED) is 0.637. The summed E-state index contributed by atoms with van der Waals surface area (Å²) in [4.78, 5) is 14.5. The predicted molar refractivity (Wildman–Crippen MR) is 95.0 cm³/mol. The summed E-state index contributed by atoms with van der Waals surface area (Å²) in [5, 5.41) is 13.6. The summed E-state index contributed by atoms with van der Waals surface area (Å²) in [6.07, 6.45) is 3.01. The minimum Gasteiger partial charge on any atom is -0.412 e. The smallest absolute Gasteiger partial charge is 0.251 e. The van der Waals surface area contributed by atoms with Crippen molar-refractivity contribution in [1.29, 1.82) is 0 Å². The lowest BCUT2D eigenvalue weighted by molar-refractivity contribution is -0.108. The molecule has 9 heteroatoms. The van der Waals surface area contributed by atoms with Gasteiger partial charge >= 0.3 is 0 Å². The van der Waals surface area contributed by atoms with Crippen LogP contribution in [0.25, 0.3) is 0 Å². The second-order valence-corrected chi connectivity index (χ2v) is 8.54. The fourth-order valence-corrected chi connectivity index (χ4v) is 4.15. The Bertz CT molecular complexity index is 714. The molecule has 0 saturated carbocycles. The zero-order valence-corrected chi connectivity index (χ0v) is 15.0. The first-order valence-corrected chi connectivity index (χ1v) is 9.95. The molecule has 5 N–H and O–H groups in total. The number of rotatable bonds is 5. The van der Waals surface area contributed by atoms with Crippen LogP contribution in [-0.4, -0.2) is 67.8 Å². The Kier molecular flexibility index (Phi) is 5.72. The number of carbonyl (C=O) groups is 1. The van der Waals surface area contributed by atoms with E-state index in [9.17, 15) is 18.3 Å². The zero-order chi connectivity index (χ0) is 17.4. The number of fused-ring (bicyclic) bond motifs is 3. The number of benzene rings is 1. The van der Waals surface area contributed by atoms with Crippen molar-refractivity contribution in [2.75, 3.05) is 37.2 Å². The molecule has 25 heavy (non-hydrogen) atoms. The summed E-state index contributed by atoms with van der Waals surface area (Å²) in [5.41, 5.74) is -0.0202. The van der Waals surface area contributed by atoms with Gasteiger partial charge in [0.2, 0.25) is 10.0 Å². The lowest BCUT2D eigenvalue weighted by atomic mass is 9.75. The molecule has 1 atom stereocenters. The summed E-state index contributed by atoms with van der Waals surface area (Å²) in [5.74, 6) is -0.0325. The third kappa shape index (κ3) is 4.69. The van der Waals surface area contributed by atoms with Crippen LogP contribution in [0, 0.1) is 5.92 Å². The van der Waals surface area contributed by atoms with Crippen LogP contribution in [0.2, 0.25) is 0 Å². The Morgan fingerprint density at radius 2 is 1.88 bits per heavy atom.